The van der Waals surface area contributed by atoms with Gasteiger partial charge in [-0.3, -0.25) is 4.79 Å². The summed E-state index contributed by atoms with van der Waals surface area (Å²) < 4.78 is 11.7. The molecule has 4 heteroatoms. The van der Waals surface area contributed by atoms with Gasteiger partial charge in [0.1, 0.15) is 0 Å². The molecule has 1 saturated carbocycles. The average molecular weight is 238 g/mol. The maximum Gasteiger partial charge on any atom is 0.180 e. The molecule has 17 heavy (non-hydrogen) atoms. The Morgan fingerprint density at radius 2 is 2.00 bits per heavy atom. The van der Waals surface area contributed by atoms with E-state index in [9.17, 15) is 9.90 Å². The first-order valence-corrected chi connectivity index (χ1v) is 6.35. The second kappa shape index (κ2) is 3.90. The quantitative estimate of drug-likeness (QED) is 0.745. The molecule has 3 rings (SSSR count). The first kappa shape index (κ1) is 11.4. The highest BCUT2D eigenvalue weighted by atomic mass is 16.7. The van der Waals surface area contributed by atoms with Gasteiger partial charge < -0.3 is 14.6 Å². The highest BCUT2D eigenvalue weighted by Crippen LogP contribution is 2.55. The van der Waals surface area contributed by atoms with Crippen molar-refractivity contribution >= 4 is 5.78 Å². The Morgan fingerprint density at radius 1 is 1.24 bits per heavy atom. The van der Waals surface area contributed by atoms with Crippen LogP contribution >= 0.6 is 0 Å². The highest BCUT2D eigenvalue weighted by Gasteiger charge is 2.59. The molecule has 0 aromatic rings. The molecule has 1 heterocycles. The van der Waals surface area contributed by atoms with Crippen LogP contribution in [0.1, 0.15) is 32.1 Å². The van der Waals surface area contributed by atoms with Gasteiger partial charge in [0.25, 0.3) is 0 Å². The zero-order chi connectivity index (χ0) is 11.9. The molecular formula is C13H18O4. The molecule has 1 N–H and O–H groups in total. The van der Waals surface area contributed by atoms with Crippen molar-refractivity contribution in [2.24, 2.45) is 5.41 Å². The molecule has 2 aliphatic carbocycles. The van der Waals surface area contributed by atoms with E-state index in [1.165, 1.54) is 0 Å². The minimum Gasteiger partial charge on any atom is -0.395 e. The van der Waals surface area contributed by atoms with Crippen molar-refractivity contribution in [3.05, 3.63) is 11.6 Å². The van der Waals surface area contributed by atoms with Crippen molar-refractivity contribution in [3.8, 4) is 0 Å². The largest absolute Gasteiger partial charge is 0.395 e. The van der Waals surface area contributed by atoms with Crippen LogP contribution in [0.4, 0.5) is 0 Å². The van der Waals surface area contributed by atoms with E-state index in [1.807, 2.05) is 0 Å². The first-order valence-electron chi connectivity index (χ1n) is 6.35. The molecule has 0 radical (unpaired) electrons. The van der Waals surface area contributed by atoms with Crippen LogP contribution < -0.4 is 0 Å². The van der Waals surface area contributed by atoms with Gasteiger partial charge >= 0.3 is 0 Å². The van der Waals surface area contributed by atoms with Crippen molar-refractivity contribution in [2.45, 2.75) is 37.9 Å². The second-order valence-corrected chi connectivity index (χ2v) is 5.18. The number of ether oxygens (including phenoxy) is 2. The van der Waals surface area contributed by atoms with E-state index in [-0.39, 0.29) is 12.4 Å². The van der Waals surface area contributed by atoms with Crippen LogP contribution in [-0.4, -0.2) is 36.5 Å². The normalized spacial score (nSPS) is 35.8. The monoisotopic (exact) mass is 238 g/mol. The summed E-state index contributed by atoms with van der Waals surface area (Å²) in [5.74, 6) is -0.508. The number of allylic oxidation sites excluding steroid dienone is 1. The van der Waals surface area contributed by atoms with Crippen molar-refractivity contribution < 1.29 is 19.4 Å². The molecule has 0 bridgehead atoms. The summed E-state index contributed by atoms with van der Waals surface area (Å²) in [6.07, 6.45) is 5.50. The number of rotatable bonds is 1. The predicted octanol–water partition coefficient (Wildman–Crippen LogP) is 1.18. The van der Waals surface area contributed by atoms with E-state index >= 15 is 0 Å². The fourth-order valence-electron chi connectivity index (χ4n) is 3.58. The number of carbonyl (C=O) groups is 1. The maximum atomic E-state index is 11.5. The van der Waals surface area contributed by atoms with Crippen LogP contribution in [0, 0.1) is 5.41 Å². The number of aliphatic hydroxyl groups excluding tert-OH is 1. The fraction of sp³-hybridized carbons (Fsp3) is 0.769. The van der Waals surface area contributed by atoms with Crippen LogP contribution in [0.5, 0.6) is 0 Å². The van der Waals surface area contributed by atoms with E-state index in [4.69, 9.17) is 9.47 Å². The van der Waals surface area contributed by atoms with Crippen LogP contribution in [0.25, 0.3) is 0 Å². The number of ketones is 1. The molecule has 0 aromatic heterocycles. The van der Waals surface area contributed by atoms with E-state index in [0.717, 1.165) is 24.8 Å². The summed E-state index contributed by atoms with van der Waals surface area (Å²) in [6.45, 7) is 1.18. The smallest absolute Gasteiger partial charge is 0.180 e. The third kappa shape index (κ3) is 1.44. The number of hydrogen-bond donors (Lipinski definition) is 1. The van der Waals surface area contributed by atoms with Crippen molar-refractivity contribution in [1.29, 1.82) is 0 Å². The number of fused-ring (bicyclic) bond motifs is 2. The van der Waals surface area contributed by atoms with Gasteiger partial charge in [-0.2, -0.15) is 0 Å². The summed E-state index contributed by atoms with van der Waals surface area (Å²) in [6, 6.07) is 0. The molecule has 2 fully saturated rings. The molecule has 3 aliphatic rings. The number of aliphatic hydroxyl groups is 1. The minimum absolute atomic E-state index is 0.00606. The standard InChI is InChI=1S/C13H18O4/c14-9-12-5-3-11(15)8-10(12)2-1-4-13(12)16-6-7-17-13/h8,14H,1-7,9H2/t12-/m0/s1. The Labute approximate surface area is 101 Å². The van der Waals surface area contributed by atoms with Gasteiger partial charge in [-0.15, -0.1) is 0 Å². The Kier molecular flexibility index (Phi) is 2.61. The molecule has 0 unspecified atom stereocenters. The summed E-state index contributed by atoms with van der Waals surface area (Å²) in [5.41, 5.74) is 0.555. The molecule has 0 aromatic carbocycles. The number of carbonyl (C=O) groups excluding carboxylic acids is 1. The first-order chi connectivity index (χ1) is 8.22. The zero-order valence-corrected chi connectivity index (χ0v) is 9.91. The molecule has 1 atom stereocenters. The van der Waals surface area contributed by atoms with Crippen LogP contribution in [-0.2, 0) is 14.3 Å². The van der Waals surface area contributed by atoms with Crippen molar-refractivity contribution in [2.75, 3.05) is 19.8 Å². The summed E-state index contributed by atoms with van der Waals surface area (Å²) in [7, 11) is 0. The molecule has 1 saturated heterocycles. The average Bonchev–Trinajstić information content (AvgIpc) is 2.79. The topological polar surface area (TPSA) is 55.8 Å². The summed E-state index contributed by atoms with van der Waals surface area (Å²) in [4.78, 5) is 11.5. The van der Waals surface area contributed by atoms with Crippen molar-refractivity contribution in [3.63, 3.8) is 0 Å². The van der Waals surface area contributed by atoms with Gasteiger partial charge in [0, 0.05) is 12.8 Å². The lowest BCUT2D eigenvalue weighted by Crippen LogP contribution is -2.56. The van der Waals surface area contributed by atoms with E-state index in [2.05, 4.69) is 0 Å². The van der Waals surface area contributed by atoms with Gasteiger partial charge in [-0.05, 0) is 25.3 Å². The maximum absolute atomic E-state index is 11.5. The minimum atomic E-state index is -0.674. The fourth-order valence-corrected chi connectivity index (χ4v) is 3.58. The van der Waals surface area contributed by atoms with Crippen molar-refractivity contribution in [1.82, 2.24) is 0 Å². The lowest BCUT2D eigenvalue weighted by atomic mass is 9.61. The summed E-state index contributed by atoms with van der Waals surface area (Å²) in [5, 5.41) is 9.88. The summed E-state index contributed by atoms with van der Waals surface area (Å²) >= 11 is 0. The lowest BCUT2D eigenvalue weighted by Gasteiger charge is -2.51. The molecule has 94 valence electrons. The third-order valence-electron chi connectivity index (χ3n) is 4.45. The predicted molar refractivity (Wildman–Crippen MR) is 60.3 cm³/mol. The zero-order valence-electron chi connectivity index (χ0n) is 9.91. The van der Waals surface area contributed by atoms with Gasteiger partial charge in [0.15, 0.2) is 11.6 Å². The molecule has 1 spiro atoms. The molecule has 0 amide bonds. The second-order valence-electron chi connectivity index (χ2n) is 5.18. The third-order valence-corrected chi connectivity index (χ3v) is 4.45. The van der Waals surface area contributed by atoms with Crippen LogP contribution in [0.2, 0.25) is 0 Å². The Bertz CT molecular complexity index is 368. The van der Waals surface area contributed by atoms with E-state index < -0.39 is 11.2 Å². The SMILES string of the molecule is O=C1C=C2CCCC3(OCCO3)[C@]2(CO)CC1. The lowest BCUT2D eigenvalue weighted by molar-refractivity contribution is -0.251. The van der Waals surface area contributed by atoms with Crippen LogP contribution in [0.15, 0.2) is 11.6 Å². The molecular weight excluding hydrogens is 220 g/mol. The van der Waals surface area contributed by atoms with E-state index in [0.29, 0.717) is 26.1 Å². The van der Waals surface area contributed by atoms with Gasteiger partial charge in [-0.1, -0.05) is 5.57 Å². The molecule has 1 aliphatic heterocycles. The van der Waals surface area contributed by atoms with Gasteiger partial charge in [0.05, 0.1) is 25.2 Å². The van der Waals surface area contributed by atoms with Gasteiger partial charge in [-0.25, -0.2) is 0 Å². The van der Waals surface area contributed by atoms with E-state index in [1.54, 1.807) is 6.08 Å². The Hall–Kier alpha value is -0.710. The Morgan fingerprint density at radius 3 is 2.71 bits per heavy atom. The van der Waals surface area contributed by atoms with Gasteiger partial charge in [0.2, 0.25) is 0 Å². The highest BCUT2D eigenvalue weighted by molar-refractivity contribution is 5.91. The van der Waals surface area contributed by atoms with Crippen LogP contribution in [0.3, 0.4) is 0 Å². The molecule has 4 nitrogen and oxygen atoms in total. The number of hydrogen-bond acceptors (Lipinski definition) is 4. The Balaban J connectivity index is 2.06.